The van der Waals surface area contributed by atoms with Gasteiger partial charge in [0.2, 0.25) is 0 Å². The lowest BCUT2D eigenvalue weighted by molar-refractivity contribution is -0.0684. The second-order valence-electron chi connectivity index (χ2n) is 8.31. The molecule has 2 bridgehead atoms. The summed E-state index contributed by atoms with van der Waals surface area (Å²) >= 11 is 13.3. The SMILES string of the molecule is OC1(c2ccncn2)CC2CCC(C1)N2C(c1ccccc1Cl)c1ccccc1Cl. The number of halogens is 2. The minimum atomic E-state index is -0.934. The molecule has 1 aromatic heterocycles. The molecule has 2 saturated heterocycles. The molecule has 0 radical (unpaired) electrons. The molecule has 5 rings (SSSR count). The first kappa shape index (κ1) is 20.0. The third-order valence-electron chi connectivity index (χ3n) is 6.58. The molecule has 2 unspecified atom stereocenters. The van der Waals surface area contributed by atoms with Crippen LogP contribution in [0.15, 0.2) is 67.1 Å². The number of piperidine rings is 1. The Morgan fingerprint density at radius 1 is 0.900 bits per heavy atom. The molecular formula is C24H23Cl2N3O. The highest BCUT2D eigenvalue weighted by Gasteiger charge is 2.51. The van der Waals surface area contributed by atoms with Gasteiger partial charge in [-0.25, -0.2) is 9.97 Å². The summed E-state index contributed by atoms with van der Waals surface area (Å²) in [6.07, 6.45) is 6.54. The number of hydrogen-bond donors (Lipinski definition) is 1. The van der Waals surface area contributed by atoms with Crippen LogP contribution in [0.2, 0.25) is 10.0 Å². The Bertz CT molecular complexity index is 986. The fourth-order valence-electron chi connectivity index (χ4n) is 5.34. The van der Waals surface area contributed by atoms with Gasteiger partial charge in [0.25, 0.3) is 0 Å². The van der Waals surface area contributed by atoms with E-state index in [1.807, 2.05) is 42.5 Å². The summed E-state index contributed by atoms with van der Waals surface area (Å²) in [6, 6.07) is 18.2. The summed E-state index contributed by atoms with van der Waals surface area (Å²) in [5.41, 5.74) is 1.88. The van der Waals surface area contributed by atoms with Crippen LogP contribution >= 0.6 is 23.2 Å². The molecule has 0 aliphatic carbocycles. The summed E-state index contributed by atoms with van der Waals surface area (Å²) in [5, 5.41) is 13.0. The van der Waals surface area contributed by atoms with E-state index in [1.165, 1.54) is 6.33 Å². The minimum absolute atomic E-state index is 0.0557. The Labute approximate surface area is 186 Å². The topological polar surface area (TPSA) is 49.3 Å². The maximum Gasteiger partial charge on any atom is 0.115 e. The standard InChI is InChI=1S/C24H23Cl2N3O/c25-20-7-3-1-5-18(20)23(19-6-2-4-8-21(19)26)29-16-9-10-17(29)14-24(30,13-16)22-11-12-27-15-28-22/h1-8,11-12,15-17,23,30H,9-10,13-14H2. The molecule has 0 saturated carbocycles. The molecule has 30 heavy (non-hydrogen) atoms. The number of aromatic nitrogens is 2. The molecule has 0 spiro atoms. The van der Waals surface area contributed by atoms with Crippen molar-refractivity contribution in [3.05, 3.63) is 94.0 Å². The molecule has 2 atom stereocenters. The van der Waals surface area contributed by atoms with Gasteiger partial charge in [-0.3, -0.25) is 4.90 Å². The van der Waals surface area contributed by atoms with Crippen LogP contribution in [0.25, 0.3) is 0 Å². The largest absolute Gasteiger partial charge is 0.383 e. The Hall–Kier alpha value is -1.98. The zero-order valence-corrected chi connectivity index (χ0v) is 18.0. The van der Waals surface area contributed by atoms with Gasteiger partial charge in [0.1, 0.15) is 11.9 Å². The molecule has 1 N–H and O–H groups in total. The van der Waals surface area contributed by atoms with Gasteiger partial charge >= 0.3 is 0 Å². The molecular weight excluding hydrogens is 417 g/mol. The predicted molar refractivity (Wildman–Crippen MR) is 119 cm³/mol. The second-order valence-corrected chi connectivity index (χ2v) is 9.13. The van der Waals surface area contributed by atoms with Gasteiger partial charge in [-0.15, -0.1) is 0 Å². The molecule has 154 valence electrons. The van der Waals surface area contributed by atoms with Gasteiger partial charge in [0.15, 0.2) is 0 Å². The van der Waals surface area contributed by atoms with E-state index in [0.29, 0.717) is 18.5 Å². The summed E-state index contributed by atoms with van der Waals surface area (Å²) in [5.74, 6) is 0. The van der Waals surface area contributed by atoms with Crippen LogP contribution in [-0.2, 0) is 5.60 Å². The first-order valence-electron chi connectivity index (χ1n) is 10.3. The average molecular weight is 440 g/mol. The van der Waals surface area contributed by atoms with E-state index in [2.05, 4.69) is 27.0 Å². The van der Waals surface area contributed by atoms with Crippen LogP contribution in [-0.4, -0.2) is 32.1 Å². The predicted octanol–water partition coefficient (Wildman–Crippen LogP) is 5.39. The quantitative estimate of drug-likeness (QED) is 0.591. The van der Waals surface area contributed by atoms with E-state index >= 15 is 0 Å². The van der Waals surface area contributed by atoms with Gasteiger partial charge in [-0.2, -0.15) is 0 Å². The number of benzene rings is 2. The Morgan fingerprint density at radius 2 is 1.47 bits per heavy atom. The summed E-state index contributed by atoms with van der Waals surface area (Å²) < 4.78 is 0. The third-order valence-corrected chi connectivity index (χ3v) is 7.27. The van der Waals surface area contributed by atoms with E-state index in [0.717, 1.165) is 34.0 Å². The van der Waals surface area contributed by atoms with E-state index in [9.17, 15) is 5.11 Å². The lowest BCUT2D eigenvalue weighted by Gasteiger charge is -2.47. The number of rotatable bonds is 4. The summed E-state index contributed by atoms with van der Waals surface area (Å²) in [4.78, 5) is 10.9. The van der Waals surface area contributed by atoms with Gasteiger partial charge in [-0.05, 0) is 55.0 Å². The lowest BCUT2D eigenvalue weighted by Crippen LogP contribution is -2.51. The molecule has 4 nitrogen and oxygen atoms in total. The van der Waals surface area contributed by atoms with Gasteiger partial charge in [-0.1, -0.05) is 59.6 Å². The molecule has 3 aromatic rings. The number of nitrogens with zero attached hydrogens (tertiary/aromatic N) is 3. The fraction of sp³-hybridized carbons (Fsp3) is 0.333. The number of aliphatic hydroxyl groups is 1. The van der Waals surface area contributed by atoms with Crippen LogP contribution in [0.3, 0.4) is 0 Å². The van der Waals surface area contributed by atoms with Crippen LogP contribution in [0.1, 0.15) is 48.5 Å². The van der Waals surface area contributed by atoms with Gasteiger partial charge < -0.3 is 5.11 Å². The third kappa shape index (κ3) is 3.42. The number of fused-ring (bicyclic) bond motifs is 2. The molecule has 2 fully saturated rings. The maximum absolute atomic E-state index is 11.5. The molecule has 2 aliphatic heterocycles. The highest BCUT2D eigenvalue weighted by molar-refractivity contribution is 6.32. The second kappa shape index (κ2) is 7.93. The Kier molecular flexibility index (Phi) is 5.28. The van der Waals surface area contributed by atoms with Gasteiger partial charge in [0.05, 0.1) is 11.7 Å². The fourth-order valence-corrected chi connectivity index (χ4v) is 5.82. The van der Waals surface area contributed by atoms with Crippen molar-refractivity contribution in [2.45, 2.75) is 49.4 Å². The van der Waals surface area contributed by atoms with Gasteiger partial charge in [0, 0.05) is 28.3 Å². The van der Waals surface area contributed by atoms with E-state index in [1.54, 1.807) is 6.20 Å². The van der Waals surface area contributed by atoms with E-state index in [4.69, 9.17) is 23.2 Å². The van der Waals surface area contributed by atoms with E-state index < -0.39 is 5.60 Å². The highest BCUT2D eigenvalue weighted by atomic mass is 35.5. The normalized spacial score (nSPS) is 26.3. The highest BCUT2D eigenvalue weighted by Crippen LogP contribution is 2.51. The van der Waals surface area contributed by atoms with Crippen molar-refractivity contribution in [1.82, 2.24) is 14.9 Å². The molecule has 2 aromatic carbocycles. The number of hydrogen-bond acceptors (Lipinski definition) is 4. The smallest absolute Gasteiger partial charge is 0.115 e. The monoisotopic (exact) mass is 439 g/mol. The maximum atomic E-state index is 11.5. The van der Waals surface area contributed by atoms with Crippen molar-refractivity contribution in [2.75, 3.05) is 0 Å². The zero-order valence-electron chi connectivity index (χ0n) is 16.5. The van der Waals surface area contributed by atoms with Crippen molar-refractivity contribution in [3.63, 3.8) is 0 Å². The van der Waals surface area contributed by atoms with Crippen LogP contribution in [0.5, 0.6) is 0 Å². The van der Waals surface area contributed by atoms with Crippen molar-refractivity contribution >= 4 is 23.2 Å². The van der Waals surface area contributed by atoms with Crippen LogP contribution < -0.4 is 0 Å². The Morgan fingerprint density at radius 3 is 1.97 bits per heavy atom. The lowest BCUT2D eigenvalue weighted by atomic mass is 9.81. The van der Waals surface area contributed by atoms with Crippen molar-refractivity contribution < 1.29 is 5.11 Å². The summed E-state index contributed by atoms with van der Waals surface area (Å²) in [7, 11) is 0. The van der Waals surface area contributed by atoms with Crippen LogP contribution in [0, 0.1) is 0 Å². The van der Waals surface area contributed by atoms with Crippen LogP contribution in [0.4, 0.5) is 0 Å². The van der Waals surface area contributed by atoms with Crippen molar-refractivity contribution in [3.8, 4) is 0 Å². The van der Waals surface area contributed by atoms with Crippen molar-refractivity contribution in [1.29, 1.82) is 0 Å². The zero-order chi connectivity index (χ0) is 20.7. The Balaban J connectivity index is 1.57. The van der Waals surface area contributed by atoms with Crippen molar-refractivity contribution in [2.24, 2.45) is 0 Å². The molecule has 0 amide bonds. The summed E-state index contributed by atoms with van der Waals surface area (Å²) in [6.45, 7) is 0. The molecule has 2 aliphatic rings. The molecule has 6 heteroatoms. The van der Waals surface area contributed by atoms with E-state index in [-0.39, 0.29) is 18.1 Å². The molecule has 3 heterocycles. The minimum Gasteiger partial charge on any atom is -0.383 e. The first-order chi connectivity index (χ1) is 14.6. The first-order valence-corrected chi connectivity index (χ1v) is 11.1. The average Bonchev–Trinajstić information content (AvgIpc) is 3.02.